The highest BCUT2D eigenvalue weighted by Crippen LogP contribution is 2.44. The van der Waals surface area contributed by atoms with Crippen molar-refractivity contribution >= 4 is 47.3 Å². The second-order valence-electron chi connectivity index (χ2n) is 7.68. The Balaban J connectivity index is 1.53. The van der Waals surface area contributed by atoms with Crippen LogP contribution in [0, 0.1) is 0 Å². The highest BCUT2D eigenvalue weighted by atomic mass is 32.2. The first-order valence-corrected chi connectivity index (χ1v) is 12.3. The van der Waals surface area contributed by atoms with Gasteiger partial charge in [-0.3, -0.25) is 19.3 Å². The van der Waals surface area contributed by atoms with Gasteiger partial charge in [0.2, 0.25) is 11.1 Å². The number of aromatic amines is 1. The highest BCUT2D eigenvalue weighted by Gasteiger charge is 2.55. The molecule has 2 aromatic rings. The number of benzene rings is 1. The molecule has 4 rings (SSSR count). The normalized spacial score (nSPS) is 20.1. The number of carboxylic acid groups (broad SMARTS) is 2. The third-order valence-electron chi connectivity index (χ3n) is 5.53. The number of aromatic nitrogens is 4. The van der Waals surface area contributed by atoms with Crippen molar-refractivity contribution in [2.24, 2.45) is 5.73 Å². The zero-order valence-corrected chi connectivity index (χ0v) is 19.7. The Morgan fingerprint density at radius 3 is 2.66 bits per heavy atom. The van der Waals surface area contributed by atoms with Crippen LogP contribution in [0.2, 0.25) is 0 Å². The largest absolute Gasteiger partial charge is 0.481 e. The molecule has 1 aromatic heterocycles. The summed E-state index contributed by atoms with van der Waals surface area (Å²) in [6.07, 6.45) is -0.372. The van der Waals surface area contributed by atoms with Gasteiger partial charge < -0.3 is 21.3 Å². The standard InChI is InChI=1S/C20H21N7O6S2/c21-7-10-4-2-1-3-9(10)5-13(28)22-15-17(31)27-16(19(32)33)11(8-34-18(15)27)12(6-14(29)30)35-20-23-25-26-24-20/h1-4,12,15,18H,5-8,21H2,(H,22,28)(H,29,30)(H,32,33)(H,23,24,25,26)/t12?,15?,18-/m1/s1. The van der Waals surface area contributed by atoms with E-state index in [-0.39, 0.29) is 41.1 Å². The molecule has 2 unspecified atom stereocenters. The predicted octanol–water partition coefficient (Wildman–Crippen LogP) is -0.425. The molecule has 35 heavy (non-hydrogen) atoms. The first-order valence-electron chi connectivity index (χ1n) is 10.4. The molecule has 0 aliphatic carbocycles. The second kappa shape index (κ2) is 10.5. The minimum Gasteiger partial charge on any atom is -0.481 e. The van der Waals surface area contributed by atoms with E-state index in [9.17, 15) is 29.4 Å². The maximum absolute atomic E-state index is 12.9. The number of carbonyl (C=O) groups is 4. The zero-order valence-electron chi connectivity index (χ0n) is 18.1. The number of rotatable bonds is 10. The Labute approximate surface area is 206 Å². The summed E-state index contributed by atoms with van der Waals surface area (Å²) < 4.78 is 0. The molecule has 0 bridgehead atoms. The van der Waals surface area contributed by atoms with Gasteiger partial charge in [0, 0.05) is 17.5 Å². The molecule has 3 atom stereocenters. The van der Waals surface area contributed by atoms with E-state index in [1.54, 1.807) is 12.1 Å². The lowest BCUT2D eigenvalue weighted by atomic mass is 9.99. The molecule has 15 heteroatoms. The average molecular weight is 520 g/mol. The van der Waals surface area contributed by atoms with E-state index < -0.39 is 40.9 Å². The third-order valence-corrected chi connectivity index (χ3v) is 7.95. The van der Waals surface area contributed by atoms with Crippen molar-refractivity contribution in [1.29, 1.82) is 0 Å². The Morgan fingerprint density at radius 2 is 2.03 bits per heavy atom. The van der Waals surface area contributed by atoms with Crippen LogP contribution in [-0.2, 0) is 32.1 Å². The number of hydrogen-bond acceptors (Lipinski definition) is 10. The Morgan fingerprint density at radius 1 is 1.29 bits per heavy atom. The molecule has 6 N–H and O–H groups in total. The minimum absolute atomic E-state index is 0.0312. The molecular weight excluding hydrogens is 498 g/mol. The summed E-state index contributed by atoms with van der Waals surface area (Å²) in [5.74, 6) is -3.30. The number of nitrogens with zero attached hydrogens (tertiary/aromatic N) is 4. The van der Waals surface area contributed by atoms with E-state index in [2.05, 4.69) is 25.9 Å². The highest BCUT2D eigenvalue weighted by molar-refractivity contribution is 8.01. The maximum atomic E-state index is 12.9. The molecule has 13 nitrogen and oxygen atoms in total. The molecule has 0 spiro atoms. The van der Waals surface area contributed by atoms with E-state index in [1.807, 2.05) is 12.1 Å². The Bertz CT molecular complexity index is 1190. The van der Waals surface area contributed by atoms with Gasteiger partial charge in [-0.1, -0.05) is 36.0 Å². The fourth-order valence-electron chi connectivity index (χ4n) is 3.94. The zero-order chi connectivity index (χ0) is 25.1. The molecule has 0 radical (unpaired) electrons. The molecule has 2 aliphatic rings. The first kappa shape index (κ1) is 24.7. The van der Waals surface area contributed by atoms with Gasteiger partial charge in [0.1, 0.15) is 17.1 Å². The van der Waals surface area contributed by atoms with E-state index in [0.717, 1.165) is 27.8 Å². The van der Waals surface area contributed by atoms with Gasteiger partial charge in [0.05, 0.1) is 12.8 Å². The Hall–Kier alpha value is -3.43. The number of thioether (sulfide) groups is 2. The quantitative estimate of drug-likeness (QED) is 0.200. The number of hydrogen-bond donors (Lipinski definition) is 5. The van der Waals surface area contributed by atoms with Crippen LogP contribution >= 0.6 is 23.5 Å². The number of nitrogens with one attached hydrogen (secondary N) is 2. The molecule has 2 aliphatic heterocycles. The number of carbonyl (C=O) groups excluding carboxylic acids is 2. The van der Waals surface area contributed by atoms with Crippen LogP contribution in [0.5, 0.6) is 0 Å². The van der Waals surface area contributed by atoms with Crippen molar-refractivity contribution in [3.05, 3.63) is 46.7 Å². The molecule has 1 fully saturated rings. The van der Waals surface area contributed by atoms with Crippen LogP contribution in [0.15, 0.2) is 40.7 Å². The summed E-state index contributed by atoms with van der Waals surface area (Å²) >= 11 is 2.20. The van der Waals surface area contributed by atoms with E-state index in [4.69, 9.17) is 5.73 Å². The number of fused-ring (bicyclic) bond motifs is 1. The number of aliphatic carboxylic acids is 2. The average Bonchev–Trinajstić information content (AvgIpc) is 3.34. The molecule has 3 heterocycles. The van der Waals surface area contributed by atoms with Crippen LogP contribution in [0.3, 0.4) is 0 Å². The third kappa shape index (κ3) is 5.16. The molecule has 2 amide bonds. The van der Waals surface area contributed by atoms with E-state index in [1.165, 1.54) is 11.8 Å². The van der Waals surface area contributed by atoms with Gasteiger partial charge in [-0.2, -0.15) is 5.21 Å². The monoisotopic (exact) mass is 519 g/mol. The van der Waals surface area contributed by atoms with Crippen LogP contribution in [0.1, 0.15) is 17.5 Å². The summed E-state index contributed by atoms with van der Waals surface area (Å²) in [6, 6.07) is 6.33. The van der Waals surface area contributed by atoms with E-state index >= 15 is 0 Å². The van der Waals surface area contributed by atoms with Gasteiger partial charge >= 0.3 is 11.9 Å². The number of tetrazole rings is 1. The summed E-state index contributed by atoms with van der Waals surface area (Å²) in [6.45, 7) is 0.271. The van der Waals surface area contributed by atoms with Crippen LogP contribution < -0.4 is 11.1 Å². The number of H-pyrrole nitrogens is 1. The number of nitrogens with two attached hydrogens (primary N) is 1. The molecule has 184 valence electrons. The number of amides is 2. The smallest absolute Gasteiger partial charge is 0.352 e. The van der Waals surface area contributed by atoms with Gasteiger partial charge in [-0.15, -0.1) is 22.0 Å². The predicted molar refractivity (Wildman–Crippen MR) is 124 cm³/mol. The van der Waals surface area contributed by atoms with Crippen molar-refractivity contribution in [3.8, 4) is 0 Å². The van der Waals surface area contributed by atoms with Crippen LogP contribution in [0.4, 0.5) is 0 Å². The topological polar surface area (TPSA) is 204 Å². The summed E-state index contributed by atoms with van der Waals surface area (Å²) in [5.41, 5.74) is 7.28. The van der Waals surface area contributed by atoms with Gasteiger partial charge in [-0.05, 0) is 21.9 Å². The Kier molecular flexibility index (Phi) is 7.37. The molecule has 1 aromatic carbocycles. The fourth-order valence-corrected chi connectivity index (χ4v) is 6.47. The van der Waals surface area contributed by atoms with Gasteiger partial charge in [-0.25, -0.2) is 4.79 Å². The fraction of sp³-hybridized carbons (Fsp3) is 0.350. The van der Waals surface area contributed by atoms with Gasteiger partial charge in [0.25, 0.3) is 5.91 Å². The number of β-lactam (4-membered cyclic amide) rings is 1. The van der Waals surface area contributed by atoms with Crippen LogP contribution in [0.25, 0.3) is 0 Å². The van der Waals surface area contributed by atoms with Crippen molar-refractivity contribution < 1.29 is 29.4 Å². The SMILES string of the molecule is NCc1ccccc1CC(=O)NC1C(=O)N2C(C(=O)O)=C(C(CC(=O)O)Sc3nn[nH]n3)CS[C@H]12. The van der Waals surface area contributed by atoms with Gasteiger partial charge in [0.15, 0.2) is 0 Å². The van der Waals surface area contributed by atoms with Crippen molar-refractivity contribution in [2.75, 3.05) is 5.75 Å². The van der Waals surface area contributed by atoms with Crippen LogP contribution in [-0.4, -0.2) is 81.9 Å². The summed E-state index contributed by atoms with van der Waals surface area (Å²) in [5, 5.41) is 33.9. The maximum Gasteiger partial charge on any atom is 0.352 e. The molecule has 0 saturated carbocycles. The second-order valence-corrected chi connectivity index (χ2v) is 9.96. The lowest BCUT2D eigenvalue weighted by Crippen LogP contribution is -2.70. The summed E-state index contributed by atoms with van der Waals surface area (Å²) in [7, 11) is 0. The van der Waals surface area contributed by atoms with E-state index in [0.29, 0.717) is 0 Å². The van der Waals surface area contributed by atoms with Crippen molar-refractivity contribution in [3.63, 3.8) is 0 Å². The molecular formula is C20H21N7O6S2. The minimum atomic E-state index is -1.36. The lowest BCUT2D eigenvalue weighted by Gasteiger charge is -2.50. The first-order chi connectivity index (χ1) is 16.8. The number of carboxylic acids is 2. The summed E-state index contributed by atoms with van der Waals surface area (Å²) in [4.78, 5) is 50.3. The van der Waals surface area contributed by atoms with Crippen molar-refractivity contribution in [1.82, 2.24) is 30.8 Å². The lowest BCUT2D eigenvalue weighted by molar-refractivity contribution is -0.150. The van der Waals surface area contributed by atoms with Crippen molar-refractivity contribution in [2.45, 2.75) is 41.2 Å². The molecule has 1 saturated heterocycles.